The predicted octanol–water partition coefficient (Wildman–Crippen LogP) is 1.36. The Kier molecular flexibility index (Phi) is 5.08. The van der Waals surface area contributed by atoms with E-state index in [0.717, 1.165) is 6.42 Å². The van der Waals surface area contributed by atoms with Crippen molar-refractivity contribution in [3.63, 3.8) is 0 Å². The van der Waals surface area contributed by atoms with Crippen LogP contribution in [0.4, 0.5) is 0 Å². The van der Waals surface area contributed by atoms with Crippen LogP contribution in [0.1, 0.15) is 38.9 Å². The Bertz CT molecular complexity index is 580. The number of aromatic nitrogens is 1. The highest BCUT2D eigenvalue weighted by Gasteiger charge is 2.31. The standard InChI is InChI=1S/C14H24N2O4S/c1-4-13-8-15(5-6-20-13)21(18,19)14-7-12(10-17)16(9-14)11(2)3/h7,9,11,13,17H,4-6,8,10H2,1-3H3. The van der Waals surface area contributed by atoms with Crippen LogP contribution in [-0.4, -0.2) is 48.2 Å². The maximum absolute atomic E-state index is 12.7. The number of aliphatic hydroxyl groups excluding tert-OH is 1. The van der Waals surface area contributed by atoms with Crippen molar-refractivity contribution in [2.45, 2.75) is 50.8 Å². The van der Waals surface area contributed by atoms with Crippen molar-refractivity contribution in [1.82, 2.24) is 8.87 Å². The third-order valence-corrected chi connectivity index (χ3v) is 5.65. The van der Waals surface area contributed by atoms with E-state index in [1.165, 1.54) is 4.31 Å². The molecule has 1 fully saturated rings. The number of hydrogen-bond acceptors (Lipinski definition) is 4. The van der Waals surface area contributed by atoms with Gasteiger partial charge in [0.1, 0.15) is 4.90 Å². The molecule has 0 aromatic carbocycles. The topological polar surface area (TPSA) is 71.8 Å². The van der Waals surface area contributed by atoms with Crippen LogP contribution in [0.2, 0.25) is 0 Å². The minimum atomic E-state index is -3.53. The zero-order chi connectivity index (χ0) is 15.6. The molecule has 1 saturated heterocycles. The van der Waals surface area contributed by atoms with Gasteiger partial charge in [0.15, 0.2) is 0 Å². The molecule has 1 aromatic heterocycles. The number of nitrogens with zero attached hydrogens (tertiary/aromatic N) is 2. The molecule has 1 aliphatic heterocycles. The van der Waals surface area contributed by atoms with Crippen LogP contribution in [0.5, 0.6) is 0 Å². The number of hydrogen-bond donors (Lipinski definition) is 1. The summed E-state index contributed by atoms with van der Waals surface area (Å²) in [5, 5.41) is 9.39. The quantitative estimate of drug-likeness (QED) is 0.890. The van der Waals surface area contributed by atoms with E-state index < -0.39 is 10.0 Å². The van der Waals surface area contributed by atoms with Crippen LogP contribution in [0, 0.1) is 0 Å². The third-order valence-electron chi connectivity index (χ3n) is 3.82. The molecule has 0 spiro atoms. The van der Waals surface area contributed by atoms with Crippen LogP contribution in [-0.2, 0) is 21.4 Å². The SMILES string of the molecule is CCC1CN(S(=O)(=O)c2cc(CO)n(C(C)C)c2)CCO1. The van der Waals surface area contributed by atoms with Crippen molar-refractivity contribution in [3.8, 4) is 0 Å². The smallest absolute Gasteiger partial charge is 0.244 e. The molecule has 1 unspecified atom stereocenters. The molecule has 0 saturated carbocycles. The minimum absolute atomic E-state index is 0.0435. The van der Waals surface area contributed by atoms with Crippen LogP contribution in [0.15, 0.2) is 17.2 Å². The molecule has 0 aliphatic carbocycles. The van der Waals surface area contributed by atoms with Crippen LogP contribution < -0.4 is 0 Å². The van der Waals surface area contributed by atoms with Crippen molar-refractivity contribution in [2.75, 3.05) is 19.7 Å². The molecule has 1 aromatic rings. The lowest BCUT2D eigenvalue weighted by molar-refractivity contribution is -0.00278. The van der Waals surface area contributed by atoms with Gasteiger partial charge in [-0.2, -0.15) is 4.31 Å². The fraction of sp³-hybridized carbons (Fsp3) is 0.714. The molecule has 0 bridgehead atoms. The van der Waals surface area contributed by atoms with Gasteiger partial charge >= 0.3 is 0 Å². The Labute approximate surface area is 126 Å². The molecular formula is C14H24N2O4S. The maximum atomic E-state index is 12.7. The van der Waals surface area contributed by atoms with Crippen molar-refractivity contribution >= 4 is 10.0 Å². The van der Waals surface area contributed by atoms with Gasteiger partial charge in [0.05, 0.1) is 19.3 Å². The molecule has 1 aliphatic rings. The first kappa shape index (κ1) is 16.5. The second kappa shape index (κ2) is 6.48. The van der Waals surface area contributed by atoms with Gasteiger partial charge in [-0.25, -0.2) is 8.42 Å². The van der Waals surface area contributed by atoms with Gasteiger partial charge in [-0.1, -0.05) is 6.92 Å². The average molecular weight is 316 g/mol. The van der Waals surface area contributed by atoms with Gasteiger partial charge in [0.2, 0.25) is 10.0 Å². The molecule has 1 N–H and O–H groups in total. The lowest BCUT2D eigenvalue weighted by atomic mass is 10.2. The van der Waals surface area contributed by atoms with Gasteiger partial charge < -0.3 is 14.4 Å². The summed E-state index contributed by atoms with van der Waals surface area (Å²) in [4.78, 5) is 0.247. The van der Waals surface area contributed by atoms with Crippen molar-refractivity contribution in [3.05, 3.63) is 18.0 Å². The van der Waals surface area contributed by atoms with E-state index in [0.29, 0.717) is 25.4 Å². The Hall–Kier alpha value is -0.890. The van der Waals surface area contributed by atoms with E-state index in [2.05, 4.69) is 0 Å². The second-order valence-electron chi connectivity index (χ2n) is 5.59. The average Bonchev–Trinajstić information content (AvgIpc) is 2.92. The normalized spacial score (nSPS) is 21.1. The number of rotatable bonds is 5. The summed E-state index contributed by atoms with van der Waals surface area (Å²) in [7, 11) is -3.53. The summed E-state index contributed by atoms with van der Waals surface area (Å²) in [5.41, 5.74) is 0.615. The second-order valence-corrected chi connectivity index (χ2v) is 7.53. The lowest BCUT2D eigenvalue weighted by Crippen LogP contribution is -2.45. The first-order valence-corrected chi connectivity index (χ1v) is 8.77. The molecule has 120 valence electrons. The highest BCUT2D eigenvalue weighted by Crippen LogP contribution is 2.24. The van der Waals surface area contributed by atoms with Gasteiger partial charge in [-0.15, -0.1) is 0 Å². The minimum Gasteiger partial charge on any atom is -0.390 e. The number of morpholine rings is 1. The van der Waals surface area contributed by atoms with E-state index in [1.54, 1.807) is 16.8 Å². The first-order valence-electron chi connectivity index (χ1n) is 7.33. The molecule has 0 amide bonds. The molecule has 2 rings (SSSR count). The zero-order valence-electron chi connectivity index (χ0n) is 12.8. The highest BCUT2D eigenvalue weighted by molar-refractivity contribution is 7.89. The summed E-state index contributed by atoms with van der Waals surface area (Å²) in [6, 6.07) is 1.66. The molecule has 2 heterocycles. The number of ether oxygens (including phenoxy) is 1. The zero-order valence-corrected chi connectivity index (χ0v) is 13.6. The summed E-state index contributed by atoms with van der Waals surface area (Å²) >= 11 is 0. The van der Waals surface area contributed by atoms with Crippen LogP contribution in [0.25, 0.3) is 0 Å². The Morgan fingerprint density at radius 3 is 2.71 bits per heavy atom. The lowest BCUT2D eigenvalue weighted by Gasteiger charge is -2.31. The largest absolute Gasteiger partial charge is 0.390 e. The monoisotopic (exact) mass is 316 g/mol. The van der Waals surface area contributed by atoms with Gasteiger partial charge in [-0.3, -0.25) is 0 Å². The Morgan fingerprint density at radius 1 is 1.48 bits per heavy atom. The number of aliphatic hydroxyl groups is 1. The van der Waals surface area contributed by atoms with Gasteiger partial charge in [-0.05, 0) is 26.3 Å². The Balaban J connectivity index is 2.31. The first-order chi connectivity index (χ1) is 9.90. The van der Waals surface area contributed by atoms with Crippen molar-refractivity contribution in [1.29, 1.82) is 0 Å². The van der Waals surface area contributed by atoms with E-state index in [9.17, 15) is 13.5 Å². The molecule has 1 atom stereocenters. The van der Waals surface area contributed by atoms with Gasteiger partial charge in [0.25, 0.3) is 0 Å². The van der Waals surface area contributed by atoms with Gasteiger partial charge in [0, 0.05) is 31.0 Å². The molecule has 6 nitrogen and oxygen atoms in total. The van der Waals surface area contributed by atoms with Crippen LogP contribution >= 0.6 is 0 Å². The number of sulfonamides is 1. The van der Waals surface area contributed by atoms with Crippen molar-refractivity contribution in [2.24, 2.45) is 0 Å². The summed E-state index contributed by atoms with van der Waals surface area (Å²) in [5.74, 6) is 0. The summed E-state index contributed by atoms with van der Waals surface area (Å²) < 4.78 is 34.3. The van der Waals surface area contributed by atoms with E-state index >= 15 is 0 Å². The van der Waals surface area contributed by atoms with Crippen molar-refractivity contribution < 1.29 is 18.3 Å². The fourth-order valence-corrected chi connectivity index (χ4v) is 4.06. The summed E-state index contributed by atoms with van der Waals surface area (Å²) in [6.45, 7) is 6.92. The Morgan fingerprint density at radius 2 is 2.19 bits per heavy atom. The highest BCUT2D eigenvalue weighted by atomic mass is 32.2. The molecule has 7 heteroatoms. The fourth-order valence-electron chi connectivity index (χ4n) is 2.55. The maximum Gasteiger partial charge on any atom is 0.244 e. The molecule has 0 radical (unpaired) electrons. The van der Waals surface area contributed by atoms with E-state index in [-0.39, 0.29) is 23.6 Å². The van der Waals surface area contributed by atoms with E-state index in [4.69, 9.17) is 4.74 Å². The van der Waals surface area contributed by atoms with Crippen LogP contribution in [0.3, 0.4) is 0 Å². The summed E-state index contributed by atoms with van der Waals surface area (Å²) in [6.07, 6.45) is 2.36. The predicted molar refractivity (Wildman–Crippen MR) is 79.5 cm³/mol. The van der Waals surface area contributed by atoms with E-state index in [1.807, 2.05) is 20.8 Å². The molecular weight excluding hydrogens is 292 g/mol. The molecule has 21 heavy (non-hydrogen) atoms. The third kappa shape index (κ3) is 3.31.